The van der Waals surface area contributed by atoms with Gasteiger partial charge in [0.25, 0.3) is 5.91 Å². The zero-order valence-electron chi connectivity index (χ0n) is 13.5. The standard InChI is InChI=1S/C16H22N4O3/c1-18-5-7-20(8-6-18)15(21)11-3-4-14-13(9-11)19(2)16(22)12(17)10-23-14/h3-4,9,12H,5-8,10,17H2,1-2H3/t12-/m0/s1. The summed E-state index contributed by atoms with van der Waals surface area (Å²) in [6.45, 7) is 3.30. The summed E-state index contributed by atoms with van der Waals surface area (Å²) in [6, 6.07) is 4.50. The maximum absolute atomic E-state index is 12.7. The number of fused-ring (bicyclic) bond motifs is 1. The van der Waals surface area contributed by atoms with Gasteiger partial charge in [0.15, 0.2) is 0 Å². The molecule has 1 aromatic carbocycles. The molecule has 0 spiro atoms. The number of piperazine rings is 1. The van der Waals surface area contributed by atoms with Crippen LogP contribution in [0, 0.1) is 0 Å². The van der Waals surface area contributed by atoms with E-state index in [1.165, 1.54) is 4.90 Å². The lowest BCUT2D eigenvalue weighted by Gasteiger charge is -2.32. The highest BCUT2D eigenvalue weighted by atomic mass is 16.5. The second-order valence-electron chi connectivity index (χ2n) is 6.09. The number of rotatable bonds is 1. The molecule has 7 nitrogen and oxygen atoms in total. The fraction of sp³-hybridized carbons (Fsp3) is 0.500. The molecule has 0 aromatic heterocycles. The fourth-order valence-corrected chi connectivity index (χ4v) is 2.84. The molecular weight excluding hydrogens is 296 g/mol. The third-order valence-electron chi connectivity index (χ3n) is 4.42. The van der Waals surface area contributed by atoms with Crippen molar-refractivity contribution in [3.05, 3.63) is 23.8 Å². The minimum Gasteiger partial charge on any atom is -0.489 e. The van der Waals surface area contributed by atoms with Crippen molar-refractivity contribution in [2.45, 2.75) is 6.04 Å². The molecule has 1 aromatic rings. The number of nitrogens with zero attached hydrogens (tertiary/aromatic N) is 3. The summed E-state index contributed by atoms with van der Waals surface area (Å²) in [5.41, 5.74) is 6.93. The lowest BCUT2D eigenvalue weighted by Crippen LogP contribution is -2.47. The van der Waals surface area contributed by atoms with Gasteiger partial charge in [-0.15, -0.1) is 0 Å². The topological polar surface area (TPSA) is 79.1 Å². The van der Waals surface area contributed by atoms with Crippen molar-refractivity contribution in [3.8, 4) is 5.75 Å². The number of benzene rings is 1. The molecule has 0 bridgehead atoms. The van der Waals surface area contributed by atoms with Crippen molar-refractivity contribution in [2.24, 2.45) is 5.73 Å². The molecule has 0 unspecified atom stereocenters. The number of amides is 2. The van der Waals surface area contributed by atoms with E-state index in [0.717, 1.165) is 13.1 Å². The molecule has 2 heterocycles. The summed E-state index contributed by atoms with van der Waals surface area (Å²) in [5, 5.41) is 0. The van der Waals surface area contributed by atoms with E-state index in [1.54, 1.807) is 25.2 Å². The van der Waals surface area contributed by atoms with Gasteiger partial charge in [0, 0.05) is 38.8 Å². The second kappa shape index (κ2) is 6.17. The highest BCUT2D eigenvalue weighted by Gasteiger charge is 2.28. The van der Waals surface area contributed by atoms with Crippen LogP contribution in [0.15, 0.2) is 18.2 Å². The van der Waals surface area contributed by atoms with Gasteiger partial charge in [-0.3, -0.25) is 9.59 Å². The van der Waals surface area contributed by atoms with Gasteiger partial charge in [0.2, 0.25) is 5.91 Å². The first-order valence-electron chi connectivity index (χ1n) is 7.75. The summed E-state index contributed by atoms with van der Waals surface area (Å²) < 4.78 is 5.58. The number of likely N-dealkylation sites (N-methyl/N-ethyl adjacent to an activating group) is 2. The van der Waals surface area contributed by atoms with Gasteiger partial charge >= 0.3 is 0 Å². The van der Waals surface area contributed by atoms with Crippen molar-refractivity contribution in [1.29, 1.82) is 0 Å². The quantitative estimate of drug-likeness (QED) is 0.773. The fourth-order valence-electron chi connectivity index (χ4n) is 2.84. The Balaban J connectivity index is 1.86. The van der Waals surface area contributed by atoms with Crippen LogP contribution in [-0.2, 0) is 4.79 Å². The molecule has 0 aliphatic carbocycles. The van der Waals surface area contributed by atoms with Crippen molar-refractivity contribution in [1.82, 2.24) is 9.80 Å². The molecule has 3 rings (SSSR count). The van der Waals surface area contributed by atoms with E-state index in [4.69, 9.17) is 10.5 Å². The normalized spacial score (nSPS) is 22.4. The average Bonchev–Trinajstić information content (AvgIpc) is 2.67. The third-order valence-corrected chi connectivity index (χ3v) is 4.42. The van der Waals surface area contributed by atoms with Gasteiger partial charge in [0.05, 0.1) is 5.69 Å². The molecule has 2 N–H and O–H groups in total. The van der Waals surface area contributed by atoms with Gasteiger partial charge in [0.1, 0.15) is 18.4 Å². The number of ether oxygens (including phenoxy) is 1. The number of nitrogens with two attached hydrogens (primary N) is 1. The van der Waals surface area contributed by atoms with Crippen LogP contribution in [0.2, 0.25) is 0 Å². The van der Waals surface area contributed by atoms with Gasteiger partial charge in [-0.2, -0.15) is 0 Å². The zero-order chi connectivity index (χ0) is 16.6. The Hall–Kier alpha value is -2.12. The molecule has 0 saturated carbocycles. The Morgan fingerprint density at radius 1 is 1.22 bits per heavy atom. The first kappa shape index (κ1) is 15.8. The predicted octanol–water partition coefficient (Wildman–Crippen LogP) is -0.243. The van der Waals surface area contributed by atoms with Gasteiger partial charge < -0.3 is 25.2 Å². The summed E-state index contributed by atoms with van der Waals surface area (Å²) in [7, 11) is 3.70. The van der Waals surface area contributed by atoms with E-state index in [-0.39, 0.29) is 18.4 Å². The van der Waals surface area contributed by atoms with Crippen molar-refractivity contribution >= 4 is 17.5 Å². The zero-order valence-corrected chi connectivity index (χ0v) is 13.5. The molecule has 1 atom stereocenters. The minimum absolute atomic E-state index is 0.0182. The molecule has 0 radical (unpaired) electrons. The maximum Gasteiger partial charge on any atom is 0.254 e. The largest absolute Gasteiger partial charge is 0.489 e. The van der Waals surface area contributed by atoms with Crippen molar-refractivity contribution in [3.63, 3.8) is 0 Å². The molecule has 7 heteroatoms. The second-order valence-corrected chi connectivity index (χ2v) is 6.09. The minimum atomic E-state index is -0.691. The molecule has 124 valence electrons. The van der Waals surface area contributed by atoms with Gasteiger partial charge in [-0.1, -0.05) is 0 Å². The third kappa shape index (κ3) is 3.02. The molecule has 2 amide bonds. The van der Waals surface area contributed by atoms with Crippen LogP contribution in [0.5, 0.6) is 5.75 Å². The first-order chi connectivity index (χ1) is 11.0. The number of hydrogen-bond acceptors (Lipinski definition) is 5. The van der Waals surface area contributed by atoms with E-state index < -0.39 is 6.04 Å². The monoisotopic (exact) mass is 318 g/mol. The highest BCUT2D eigenvalue weighted by Crippen LogP contribution is 2.31. The van der Waals surface area contributed by atoms with Crippen molar-refractivity contribution in [2.75, 3.05) is 51.8 Å². The lowest BCUT2D eigenvalue weighted by atomic mass is 10.1. The van der Waals surface area contributed by atoms with Crippen LogP contribution >= 0.6 is 0 Å². The number of anilines is 1. The van der Waals surface area contributed by atoms with Gasteiger partial charge in [-0.05, 0) is 25.2 Å². The Morgan fingerprint density at radius 3 is 2.61 bits per heavy atom. The Kier molecular flexibility index (Phi) is 4.23. The van der Waals surface area contributed by atoms with Gasteiger partial charge in [-0.25, -0.2) is 0 Å². The summed E-state index contributed by atoms with van der Waals surface area (Å²) in [5.74, 6) is 0.340. The average molecular weight is 318 g/mol. The highest BCUT2D eigenvalue weighted by molar-refractivity contribution is 6.01. The smallest absolute Gasteiger partial charge is 0.254 e. The number of carbonyl (C=O) groups is 2. The van der Waals surface area contributed by atoms with Crippen molar-refractivity contribution < 1.29 is 14.3 Å². The van der Waals surface area contributed by atoms with Crippen LogP contribution in [0.3, 0.4) is 0 Å². The van der Waals surface area contributed by atoms with E-state index in [1.807, 2.05) is 11.9 Å². The summed E-state index contributed by atoms with van der Waals surface area (Å²) in [6.07, 6.45) is 0. The Morgan fingerprint density at radius 2 is 1.91 bits per heavy atom. The van der Waals surface area contributed by atoms with E-state index >= 15 is 0 Å². The van der Waals surface area contributed by atoms with E-state index in [9.17, 15) is 9.59 Å². The van der Waals surface area contributed by atoms with Crippen LogP contribution in [0.1, 0.15) is 10.4 Å². The Labute approximate surface area is 135 Å². The summed E-state index contributed by atoms with van der Waals surface area (Å²) in [4.78, 5) is 30.3. The number of carbonyl (C=O) groups excluding carboxylic acids is 2. The first-order valence-corrected chi connectivity index (χ1v) is 7.75. The van der Waals surface area contributed by atoms with E-state index in [0.29, 0.717) is 30.1 Å². The molecular formula is C16H22N4O3. The lowest BCUT2D eigenvalue weighted by molar-refractivity contribution is -0.119. The molecule has 1 fully saturated rings. The maximum atomic E-state index is 12.7. The van der Waals surface area contributed by atoms with Crippen LogP contribution in [-0.4, -0.2) is 74.5 Å². The van der Waals surface area contributed by atoms with Crippen LogP contribution < -0.4 is 15.4 Å². The van der Waals surface area contributed by atoms with E-state index in [2.05, 4.69) is 4.90 Å². The predicted molar refractivity (Wildman–Crippen MR) is 86.7 cm³/mol. The molecule has 1 saturated heterocycles. The Bertz CT molecular complexity index is 626. The molecule has 2 aliphatic rings. The summed E-state index contributed by atoms with van der Waals surface area (Å²) >= 11 is 0. The number of hydrogen-bond donors (Lipinski definition) is 1. The van der Waals surface area contributed by atoms with Crippen LogP contribution in [0.4, 0.5) is 5.69 Å². The van der Waals surface area contributed by atoms with Crippen LogP contribution in [0.25, 0.3) is 0 Å². The molecule has 23 heavy (non-hydrogen) atoms. The molecule has 2 aliphatic heterocycles. The SMILES string of the molecule is CN1CCN(C(=O)c2ccc3c(c2)N(C)C(=O)[C@@H](N)CO3)CC1.